The van der Waals surface area contributed by atoms with Crippen molar-refractivity contribution < 1.29 is 13.2 Å². The third-order valence-electron chi connectivity index (χ3n) is 2.36. The molecule has 0 aromatic carbocycles. The van der Waals surface area contributed by atoms with E-state index in [-0.39, 0.29) is 5.88 Å². The average Bonchev–Trinajstić information content (AvgIpc) is 1.99. The first-order chi connectivity index (χ1) is 5.39. The highest BCUT2D eigenvalue weighted by molar-refractivity contribution is 6.18. The van der Waals surface area contributed by atoms with Crippen LogP contribution in [-0.4, -0.2) is 12.1 Å². The van der Waals surface area contributed by atoms with Crippen LogP contribution in [0.1, 0.15) is 33.1 Å². The van der Waals surface area contributed by atoms with Gasteiger partial charge in [0.25, 0.3) is 0 Å². The lowest BCUT2D eigenvalue weighted by atomic mass is 9.81. The molecule has 0 amide bonds. The molecule has 0 aromatic heterocycles. The Kier molecular flexibility index (Phi) is 4.38. The Bertz CT molecular complexity index is 118. The summed E-state index contributed by atoms with van der Waals surface area (Å²) >= 11 is 5.53. The van der Waals surface area contributed by atoms with Gasteiger partial charge in [-0.3, -0.25) is 0 Å². The highest BCUT2D eigenvalue weighted by Crippen LogP contribution is 2.39. The maximum atomic E-state index is 12.1. The molecule has 0 aliphatic carbocycles. The van der Waals surface area contributed by atoms with Gasteiger partial charge in [0.05, 0.1) is 6.42 Å². The maximum absolute atomic E-state index is 12.1. The van der Waals surface area contributed by atoms with Crippen molar-refractivity contribution >= 4 is 11.6 Å². The molecule has 0 atom stereocenters. The smallest absolute Gasteiger partial charge is 0.171 e. The summed E-state index contributed by atoms with van der Waals surface area (Å²) in [5.41, 5.74) is -0.750. The van der Waals surface area contributed by atoms with Crippen molar-refractivity contribution in [3.8, 4) is 0 Å². The molecule has 0 radical (unpaired) electrons. The number of hydrogen-bond acceptors (Lipinski definition) is 0. The van der Waals surface area contributed by atoms with E-state index < -0.39 is 18.0 Å². The van der Waals surface area contributed by atoms with Gasteiger partial charge in [-0.15, -0.1) is 11.6 Å². The van der Waals surface area contributed by atoms with Gasteiger partial charge < -0.3 is 0 Å². The van der Waals surface area contributed by atoms with Crippen LogP contribution in [0.5, 0.6) is 0 Å². The van der Waals surface area contributed by atoms with Crippen molar-refractivity contribution in [3.05, 3.63) is 0 Å². The molecule has 0 unspecified atom stereocenters. The van der Waals surface area contributed by atoms with Crippen molar-refractivity contribution in [3.63, 3.8) is 0 Å². The predicted molar refractivity (Wildman–Crippen MR) is 44.4 cm³/mol. The summed E-state index contributed by atoms with van der Waals surface area (Å²) in [6, 6.07) is 0. The molecule has 0 saturated heterocycles. The summed E-state index contributed by atoms with van der Waals surface area (Å²) in [6.07, 6.45) is -3.91. The zero-order valence-electron chi connectivity index (χ0n) is 7.34. The van der Waals surface area contributed by atoms with E-state index in [4.69, 9.17) is 11.6 Å². The molecule has 0 saturated carbocycles. The molecule has 0 aliphatic rings. The van der Waals surface area contributed by atoms with Crippen LogP contribution in [0.2, 0.25) is 0 Å². The first-order valence-corrected chi connectivity index (χ1v) is 4.55. The molecule has 12 heavy (non-hydrogen) atoms. The third-order valence-corrected chi connectivity index (χ3v) is 2.93. The van der Waals surface area contributed by atoms with Crippen molar-refractivity contribution in [2.45, 2.75) is 39.3 Å². The quantitative estimate of drug-likeness (QED) is 0.605. The van der Waals surface area contributed by atoms with E-state index in [0.717, 1.165) is 0 Å². The Hall–Kier alpha value is 0.0800. The molecule has 0 nitrogen and oxygen atoms in total. The van der Waals surface area contributed by atoms with Gasteiger partial charge >= 0.3 is 6.18 Å². The summed E-state index contributed by atoms with van der Waals surface area (Å²) in [5.74, 6) is 0.0828. The zero-order chi connectivity index (χ0) is 9.83. The summed E-state index contributed by atoms with van der Waals surface area (Å²) in [4.78, 5) is 0. The summed E-state index contributed by atoms with van der Waals surface area (Å²) in [6.45, 7) is 3.50. The standard InChI is InChI=1S/C8H14ClF3/c1-3-7(4-2,6-9)5-8(10,11)12/h3-6H2,1-2H3. The van der Waals surface area contributed by atoms with E-state index in [0.29, 0.717) is 12.8 Å². The van der Waals surface area contributed by atoms with Gasteiger partial charge in [0.15, 0.2) is 0 Å². The topological polar surface area (TPSA) is 0 Å². The van der Waals surface area contributed by atoms with Gasteiger partial charge in [-0.1, -0.05) is 13.8 Å². The molecule has 0 bridgehead atoms. The lowest BCUT2D eigenvalue weighted by molar-refractivity contribution is -0.156. The number of rotatable bonds is 4. The number of halogens is 4. The molecule has 0 aromatic rings. The molecular weight excluding hydrogens is 189 g/mol. The maximum Gasteiger partial charge on any atom is 0.389 e. The Morgan fingerprint density at radius 3 is 1.58 bits per heavy atom. The van der Waals surface area contributed by atoms with Gasteiger partial charge in [0.2, 0.25) is 0 Å². The molecule has 0 heterocycles. The van der Waals surface area contributed by atoms with E-state index in [9.17, 15) is 13.2 Å². The third kappa shape index (κ3) is 3.65. The fourth-order valence-corrected chi connectivity index (χ4v) is 1.63. The van der Waals surface area contributed by atoms with Crippen molar-refractivity contribution in [1.82, 2.24) is 0 Å². The van der Waals surface area contributed by atoms with Crippen LogP contribution in [0.25, 0.3) is 0 Å². The second kappa shape index (κ2) is 4.35. The first kappa shape index (κ1) is 12.1. The minimum Gasteiger partial charge on any atom is -0.171 e. The molecule has 0 fully saturated rings. The Balaban J connectivity index is 4.30. The number of alkyl halides is 4. The summed E-state index contributed by atoms with van der Waals surface area (Å²) in [5, 5.41) is 0. The normalized spacial score (nSPS) is 13.5. The first-order valence-electron chi connectivity index (χ1n) is 4.02. The average molecular weight is 203 g/mol. The van der Waals surface area contributed by atoms with Crippen LogP contribution >= 0.6 is 11.6 Å². The molecule has 0 N–H and O–H groups in total. The van der Waals surface area contributed by atoms with E-state index >= 15 is 0 Å². The Morgan fingerprint density at radius 1 is 1.08 bits per heavy atom. The second-order valence-electron chi connectivity index (χ2n) is 3.13. The van der Waals surface area contributed by atoms with E-state index in [1.54, 1.807) is 13.8 Å². The minimum absolute atomic E-state index is 0.0828. The SMILES string of the molecule is CCC(CC)(CCl)CC(F)(F)F. The van der Waals surface area contributed by atoms with Crippen LogP contribution in [-0.2, 0) is 0 Å². The van der Waals surface area contributed by atoms with Gasteiger partial charge in [-0.05, 0) is 18.3 Å². The van der Waals surface area contributed by atoms with Gasteiger partial charge in [0.1, 0.15) is 0 Å². The molecule has 4 heteroatoms. The lowest BCUT2D eigenvalue weighted by Crippen LogP contribution is -2.28. The highest BCUT2D eigenvalue weighted by Gasteiger charge is 2.39. The fourth-order valence-electron chi connectivity index (χ4n) is 1.16. The largest absolute Gasteiger partial charge is 0.389 e. The van der Waals surface area contributed by atoms with Crippen LogP contribution in [0.3, 0.4) is 0 Å². The molecule has 74 valence electrons. The fraction of sp³-hybridized carbons (Fsp3) is 1.00. The van der Waals surface area contributed by atoms with Gasteiger partial charge in [0, 0.05) is 5.88 Å². The number of hydrogen-bond donors (Lipinski definition) is 0. The van der Waals surface area contributed by atoms with E-state index in [1.165, 1.54) is 0 Å². The lowest BCUT2D eigenvalue weighted by Gasteiger charge is -2.29. The molecule has 0 rings (SSSR count). The van der Waals surface area contributed by atoms with Crippen molar-refractivity contribution in [2.24, 2.45) is 5.41 Å². The van der Waals surface area contributed by atoms with Crippen molar-refractivity contribution in [2.75, 3.05) is 5.88 Å². The second-order valence-corrected chi connectivity index (χ2v) is 3.40. The molecule has 0 aliphatic heterocycles. The van der Waals surface area contributed by atoms with Gasteiger partial charge in [-0.25, -0.2) is 0 Å². The van der Waals surface area contributed by atoms with Crippen LogP contribution in [0.4, 0.5) is 13.2 Å². The molecule has 0 spiro atoms. The minimum atomic E-state index is -4.10. The van der Waals surface area contributed by atoms with Crippen molar-refractivity contribution in [1.29, 1.82) is 0 Å². The summed E-state index contributed by atoms with van der Waals surface area (Å²) in [7, 11) is 0. The van der Waals surface area contributed by atoms with E-state index in [2.05, 4.69) is 0 Å². The predicted octanol–water partition coefficient (Wildman–Crippen LogP) is 3.98. The molecular formula is C8H14ClF3. The van der Waals surface area contributed by atoms with Crippen LogP contribution in [0, 0.1) is 5.41 Å². The monoisotopic (exact) mass is 202 g/mol. The zero-order valence-corrected chi connectivity index (χ0v) is 8.10. The summed E-state index contributed by atoms with van der Waals surface area (Å²) < 4.78 is 36.2. The Labute approximate surface area is 76.1 Å². The van der Waals surface area contributed by atoms with Gasteiger partial charge in [-0.2, -0.15) is 13.2 Å². The highest BCUT2D eigenvalue weighted by atomic mass is 35.5. The van der Waals surface area contributed by atoms with E-state index in [1.807, 2.05) is 0 Å². The Morgan fingerprint density at radius 2 is 1.50 bits per heavy atom. The van der Waals surface area contributed by atoms with Crippen LogP contribution in [0.15, 0.2) is 0 Å². The van der Waals surface area contributed by atoms with Crippen LogP contribution < -0.4 is 0 Å².